The van der Waals surface area contributed by atoms with Gasteiger partial charge in [0.25, 0.3) is 5.91 Å². The topological polar surface area (TPSA) is 102 Å². The number of anilines is 1. The van der Waals surface area contributed by atoms with Crippen LogP contribution in [-0.4, -0.2) is 18.5 Å². The van der Waals surface area contributed by atoms with E-state index in [9.17, 15) is 14.9 Å². The highest BCUT2D eigenvalue weighted by molar-refractivity contribution is 6.09. The maximum Gasteiger partial charge on any atom is 0.338 e. The van der Waals surface area contributed by atoms with E-state index in [-0.39, 0.29) is 5.57 Å². The molecule has 1 N–H and O–H groups in total. The van der Waals surface area contributed by atoms with Gasteiger partial charge in [0.05, 0.1) is 12.2 Å². The van der Waals surface area contributed by atoms with Crippen molar-refractivity contribution in [2.75, 3.05) is 11.9 Å². The molecule has 0 fully saturated rings. The van der Waals surface area contributed by atoms with E-state index in [4.69, 9.17) is 13.9 Å². The summed E-state index contributed by atoms with van der Waals surface area (Å²) in [6, 6.07) is 28.3. The number of nitrogens with zero attached hydrogens (tertiary/aromatic N) is 1. The van der Waals surface area contributed by atoms with Crippen molar-refractivity contribution in [2.24, 2.45) is 0 Å². The normalized spacial score (nSPS) is 10.8. The van der Waals surface area contributed by atoms with E-state index in [1.54, 1.807) is 67.6 Å². The maximum atomic E-state index is 12.6. The van der Waals surface area contributed by atoms with Crippen molar-refractivity contribution in [2.45, 2.75) is 6.92 Å². The second-order valence-electron chi connectivity index (χ2n) is 7.56. The van der Waals surface area contributed by atoms with Crippen LogP contribution in [0.25, 0.3) is 17.4 Å². The van der Waals surface area contributed by atoms with Gasteiger partial charge in [-0.15, -0.1) is 0 Å². The lowest BCUT2D eigenvalue weighted by Crippen LogP contribution is -2.13. The van der Waals surface area contributed by atoms with Crippen molar-refractivity contribution in [3.05, 3.63) is 108 Å². The molecule has 0 saturated carbocycles. The Morgan fingerprint density at radius 1 is 0.917 bits per heavy atom. The fourth-order valence-corrected chi connectivity index (χ4v) is 3.29. The first-order valence-corrected chi connectivity index (χ1v) is 11.2. The molecule has 0 saturated heterocycles. The van der Waals surface area contributed by atoms with E-state index in [1.807, 2.05) is 36.4 Å². The van der Waals surface area contributed by atoms with Crippen LogP contribution in [0.2, 0.25) is 0 Å². The average molecular weight is 479 g/mol. The van der Waals surface area contributed by atoms with Crippen LogP contribution in [0.4, 0.5) is 5.69 Å². The summed E-state index contributed by atoms with van der Waals surface area (Å²) in [6.45, 7) is 2.05. The minimum Gasteiger partial charge on any atom is -0.462 e. The molecule has 0 atom stereocenters. The van der Waals surface area contributed by atoms with E-state index in [1.165, 1.54) is 6.08 Å². The first-order valence-electron chi connectivity index (χ1n) is 11.2. The number of amides is 1. The van der Waals surface area contributed by atoms with Crippen molar-refractivity contribution < 1.29 is 23.5 Å². The number of benzene rings is 3. The summed E-state index contributed by atoms with van der Waals surface area (Å²) >= 11 is 0. The monoisotopic (exact) mass is 478 g/mol. The standard InChI is InChI=1S/C29H22N2O5/c1-2-34-29(33)21-10-8-20(9-11-21)27-17-16-26(36-27)18-22(19-30)28(32)31-23-12-14-25(15-13-23)35-24-6-4-3-5-7-24/h3-18H,2H2,1H3,(H,31,32)/b22-18+. The molecule has 0 spiro atoms. The fourth-order valence-electron chi connectivity index (χ4n) is 3.29. The number of carbonyl (C=O) groups is 2. The molecule has 7 heteroatoms. The fraction of sp³-hybridized carbons (Fsp3) is 0.0690. The van der Waals surface area contributed by atoms with Crippen molar-refractivity contribution in [1.82, 2.24) is 0 Å². The molecule has 0 bridgehead atoms. The summed E-state index contributed by atoms with van der Waals surface area (Å²) in [5.74, 6) is 1.24. The van der Waals surface area contributed by atoms with Gasteiger partial charge in [-0.2, -0.15) is 5.26 Å². The van der Waals surface area contributed by atoms with E-state index in [0.29, 0.717) is 40.9 Å². The molecule has 7 nitrogen and oxygen atoms in total. The van der Waals surface area contributed by atoms with E-state index in [2.05, 4.69) is 5.32 Å². The first kappa shape index (κ1) is 24.0. The molecule has 1 amide bonds. The van der Waals surface area contributed by atoms with Gasteiger partial charge in [0.1, 0.15) is 34.7 Å². The Morgan fingerprint density at radius 2 is 1.61 bits per heavy atom. The molecule has 36 heavy (non-hydrogen) atoms. The molecule has 1 aromatic heterocycles. The van der Waals surface area contributed by atoms with Gasteiger partial charge in [-0.3, -0.25) is 4.79 Å². The predicted octanol–water partition coefficient (Wildman–Crippen LogP) is 6.46. The minimum atomic E-state index is -0.564. The number of para-hydroxylation sites is 1. The van der Waals surface area contributed by atoms with Crippen molar-refractivity contribution in [3.63, 3.8) is 0 Å². The number of nitriles is 1. The van der Waals surface area contributed by atoms with Crippen LogP contribution < -0.4 is 10.1 Å². The molecular formula is C29H22N2O5. The molecule has 4 rings (SSSR count). The summed E-state index contributed by atoms with van der Waals surface area (Å²) in [5.41, 5.74) is 1.58. The van der Waals surface area contributed by atoms with Crippen LogP contribution in [0.15, 0.2) is 101 Å². The molecule has 4 aromatic rings. The second-order valence-corrected chi connectivity index (χ2v) is 7.56. The molecule has 1 heterocycles. The van der Waals surface area contributed by atoms with E-state index >= 15 is 0 Å². The molecule has 0 aliphatic carbocycles. The molecule has 0 aliphatic rings. The summed E-state index contributed by atoms with van der Waals surface area (Å²) in [5, 5.41) is 12.2. The Labute approximate surface area is 208 Å². The minimum absolute atomic E-state index is 0.113. The number of esters is 1. The van der Waals surface area contributed by atoms with Gasteiger partial charge in [-0.25, -0.2) is 4.79 Å². The lowest BCUT2D eigenvalue weighted by molar-refractivity contribution is -0.112. The van der Waals surface area contributed by atoms with Gasteiger partial charge in [-0.1, -0.05) is 30.3 Å². The summed E-state index contributed by atoms with van der Waals surface area (Å²) in [7, 11) is 0. The van der Waals surface area contributed by atoms with Gasteiger partial charge < -0.3 is 19.2 Å². The molecule has 0 unspecified atom stereocenters. The first-order chi connectivity index (χ1) is 17.6. The van der Waals surface area contributed by atoms with Crippen LogP contribution in [0.3, 0.4) is 0 Å². The second kappa shape index (κ2) is 11.4. The maximum absolute atomic E-state index is 12.6. The number of nitrogens with one attached hydrogen (secondary N) is 1. The third-order valence-corrected chi connectivity index (χ3v) is 5.05. The molecule has 3 aromatic carbocycles. The lowest BCUT2D eigenvalue weighted by atomic mass is 10.1. The zero-order valence-electron chi connectivity index (χ0n) is 19.4. The summed E-state index contributed by atoms with van der Waals surface area (Å²) in [6.07, 6.45) is 1.37. The van der Waals surface area contributed by atoms with Crippen LogP contribution >= 0.6 is 0 Å². The van der Waals surface area contributed by atoms with Gasteiger partial charge in [-0.05, 0) is 67.6 Å². The Balaban J connectivity index is 1.41. The number of hydrogen-bond acceptors (Lipinski definition) is 6. The van der Waals surface area contributed by atoms with Gasteiger partial charge in [0.2, 0.25) is 0 Å². The summed E-state index contributed by atoms with van der Waals surface area (Å²) < 4.78 is 16.5. The SMILES string of the molecule is CCOC(=O)c1ccc(-c2ccc(/C=C(\C#N)C(=O)Nc3ccc(Oc4ccccc4)cc3)o2)cc1. The van der Waals surface area contributed by atoms with Crippen LogP contribution in [0, 0.1) is 11.3 Å². The number of carbonyl (C=O) groups excluding carboxylic acids is 2. The van der Waals surface area contributed by atoms with E-state index < -0.39 is 11.9 Å². The quantitative estimate of drug-likeness (QED) is 0.177. The Morgan fingerprint density at radius 3 is 2.28 bits per heavy atom. The smallest absolute Gasteiger partial charge is 0.338 e. The van der Waals surface area contributed by atoms with Crippen LogP contribution in [0.5, 0.6) is 11.5 Å². The highest BCUT2D eigenvalue weighted by Crippen LogP contribution is 2.25. The molecule has 0 aliphatic heterocycles. The van der Waals surface area contributed by atoms with Gasteiger partial charge in [0, 0.05) is 17.3 Å². The Bertz CT molecular complexity index is 1410. The third-order valence-electron chi connectivity index (χ3n) is 5.05. The third kappa shape index (κ3) is 6.07. The highest BCUT2D eigenvalue weighted by atomic mass is 16.5. The zero-order chi connectivity index (χ0) is 25.3. The molecule has 178 valence electrons. The van der Waals surface area contributed by atoms with Gasteiger partial charge >= 0.3 is 5.97 Å². The predicted molar refractivity (Wildman–Crippen MR) is 135 cm³/mol. The number of ether oxygens (including phenoxy) is 2. The Kier molecular flexibility index (Phi) is 7.59. The number of hydrogen-bond donors (Lipinski definition) is 1. The summed E-state index contributed by atoms with van der Waals surface area (Å²) in [4.78, 5) is 24.4. The average Bonchev–Trinajstić information content (AvgIpc) is 3.38. The van der Waals surface area contributed by atoms with Crippen molar-refractivity contribution in [3.8, 4) is 28.9 Å². The van der Waals surface area contributed by atoms with Crippen LogP contribution in [-0.2, 0) is 9.53 Å². The lowest BCUT2D eigenvalue weighted by Gasteiger charge is -2.07. The Hall–Kier alpha value is -5.09. The number of furan rings is 1. The van der Waals surface area contributed by atoms with Gasteiger partial charge in [0.15, 0.2) is 0 Å². The highest BCUT2D eigenvalue weighted by Gasteiger charge is 2.13. The zero-order valence-corrected chi connectivity index (χ0v) is 19.4. The van der Waals surface area contributed by atoms with Crippen LogP contribution in [0.1, 0.15) is 23.0 Å². The van der Waals surface area contributed by atoms with Crippen molar-refractivity contribution >= 4 is 23.6 Å². The number of rotatable bonds is 8. The molecular weight excluding hydrogens is 456 g/mol. The van der Waals surface area contributed by atoms with Crippen molar-refractivity contribution in [1.29, 1.82) is 5.26 Å². The van der Waals surface area contributed by atoms with E-state index in [0.717, 1.165) is 5.56 Å². The molecule has 0 radical (unpaired) electrons. The largest absolute Gasteiger partial charge is 0.462 e.